The number of aromatic nitrogens is 1. The Labute approximate surface area is 116 Å². The molecular weight excluding hydrogens is 282 g/mol. The molecule has 94 valence electrons. The van der Waals surface area contributed by atoms with E-state index in [1.807, 2.05) is 0 Å². The van der Waals surface area contributed by atoms with Crippen LogP contribution in [0.2, 0.25) is 10.0 Å². The molecule has 0 radical (unpaired) electrons. The summed E-state index contributed by atoms with van der Waals surface area (Å²) in [4.78, 5) is 6.39. The van der Waals surface area contributed by atoms with Crippen molar-refractivity contribution in [1.82, 2.24) is 4.98 Å². The fraction of sp³-hybridized carbons (Fsp3) is 0.545. The van der Waals surface area contributed by atoms with Gasteiger partial charge in [0.15, 0.2) is 0 Å². The predicted octanol–water partition coefficient (Wildman–Crippen LogP) is 3.22. The summed E-state index contributed by atoms with van der Waals surface area (Å²) in [6.45, 7) is 3.38. The predicted molar refractivity (Wildman–Crippen MR) is 71.5 cm³/mol. The SMILES string of the molecule is CC1COC(CCl)CN1c1ncc(Cl)cc1Cl. The number of nitrogens with zero attached hydrogens (tertiary/aromatic N) is 2. The van der Waals surface area contributed by atoms with Crippen LogP contribution < -0.4 is 4.90 Å². The minimum Gasteiger partial charge on any atom is -0.373 e. The maximum Gasteiger partial charge on any atom is 0.147 e. The Morgan fingerprint density at radius 1 is 1.53 bits per heavy atom. The van der Waals surface area contributed by atoms with E-state index in [0.29, 0.717) is 29.1 Å². The molecule has 0 N–H and O–H groups in total. The molecule has 6 heteroatoms. The lowest BCUT2D eigenvalue weighted by Gasteiger charge is -2.38. The van der Waals surface area contributed by atoms with Crippen molar-refractivity contribution in [3.05, 3.63) is 22.3 Å². The Hall–Kier alpha value is -0.220. The van der Waals surface area contributed by atoms with Crippen LogP contribution in [0.1, 0.15) is 6.92 Å². The molecule has 1 aromatic heterocycles. The second-order valence-corrected chi connectivity index (χ2v) is 5.22. The van der Waals surface area contributed by atoms with Gasteiger partial charge < -0.3 is 9.64 Å². The molecule has 1 aliphatic rings. The highest BCUT2D eigenvalue weighted by Gasteiger charge is 2.27. The van der Waals surface area contributed by atoms with Crippen LogP contribution in [0.4, 0.5) is 5.82 Å². The van der Waals surface area contributed by atoms with Gasteiger partial charge in [0.25, 0.3) is 0 Å². The van der Waals surface area contributed by atoms with Gasteiger partial charge in [-0.15, -0.1) is 11.6 Å². The van der Waals surface area contributed by atoms with Crippen LogP contribution in [0.15, 0.2) is 12.3 Å². The molecule has 1 aromatic rings. The Kier molecular flexibility index (Phi) is 4.36. The molecule has 17 heavy (non-hydrogen) atoms. The van der Waals surface area contributed by atoms with Gasteiger partial charge in [0, 0.05) is 12.7 Å². The van der Waals surface area contributed by atoms with Crippen molar-refractivity contribution in [1.29, 1.82) is 0 Å². The lowest BCUT2D eigenvalue weighted by Crippen LogP contribution is -2.49. The molecular formula is C11H13Cl3N2O. The van der Waals surface area contributed by atoms with Crippen LogP contribution in [-0.2, 0) is 4.74 Å². The molecule has 1 fully saturated rings. The van der Waals surface area contributed by atoms with Crippen molar-refractivity contribution in [3.8, 4) is 0 Å². The van der Waals surface area contributed by atoms with E-state index in [-0.39, 0.29) is 12.1 Å². The van der Waals surface area contributed by atoms with Crippen LogP contribution in [0.25, 0.3) is 0 Å². The number of pyridine rings is 1. The van der Waals surface area contributed by atoms with E-state index in [1.165, 1.54) is 0 Å². The van der Waals surface area contributed by atoms with Gasteiger partial charge in [-0.1, -0.05) is 23.2 Å². The van der Waals surface area contributed by atoms with E-state index in [4.69, 9.17) is 39.5 Å². The van der Waals surface area contributed by atoms with Crippen LogP contribution in [-0.4, -0.2) is 36.2 Å². The second-order valence-electron chi connectivity index (χ2n) is 4.07. The van der Waals surface area contributed by atoms with E-state index < -0.39 is 0 Å². The first-order valence-electron chi connectivity index (χ1n) is 5.37. The number of rotatable bonds is 2. The first kappa shape index (κ1) is 13.2. The Bertz CT molecular complexity index is 402. The number of hydrogen-bond donors (Lipinski definition) is 0. The molecule has 0 aliphatic carbocycles. The highest BCUT2D eigenvalue weighted by molar-refractivity contribution is 6.36. The zero-order valence-corrected chi connectivity index (χ0v) is 11.6. The van der Waals surface area contributed by atoms with Gasteiger partial charge in [0.2, 0.25) is 0 Å². The van der Waals surface area contributed by atoms with Crippen molar-refractivity contribution in [2.45, 2.75) is 19.1 Å². The summed E-state index contributed by atoms with van der Waals surface area (Å²) in [5, 5.41) is 1.09. The molecule has 0 amide bonds. The minimum absolute atomic E-state index is 0.0152. The number of alkyl halides is 1. The number of ether oxygens (including phenoxy) is 1. The van der Waals surface area contributed by atoms with Gasteiger partial charge in [0.05, 0.1) is 34.7 Å². The Morgan fingerprint density at radius 3 is 2.94 bits per heavy atom. The van der Waals surface area contributed by atoms with Crippen molar-refractivity contribution < 1.29 is 4.74 Å². The Balaban J connectivity index is 2.24. The van der Waals surface area contributed by atoms with Crippen LogP contribution in [0, 0.1) is 0 Å². The van der Waals surface area contributed by atoms with Crippen LogP contribution in [0.5, 0.6) is 0 Å². The highest BCUT2D eigenvalue weighted by Crippen LogP contribution is 2.29. The summed E-state index contributed by atoms with van der Waals surface area (Å²) < 4.78 is 5.58. The molecule has 0 saturated carbocycles. The largest absolute Gasteiger partial charge is 0.373 e. The molecule has 0 aromatic carbocycles. The molecule has 2 heterocycles. The van der Waals surface area contributed by atoms with Crippen LogP contribution in [0.3, 0.4) is 0 Å². The lowest BCUT2D eigenvalue weighted by atomic mass is 10.2. The number of hydrogen-bond acceptors (Lipinski definition) is 3. The van der Waals surface area contributed by atoms with E-state index in [0.717, 1.165) is 5.82 Å². The summed E-state index contributed by atoms with van der Waals surface area (Å²) in [6, 6.07) is 1.92. The van der Waals surface area contributed by atoms with Crippen molar-refractivity contribution >= 4 is 40.6 Å². The molecule has 1 saturated heterocycles. The smallest absolute Gasteiger partial charge is 0.147 e. The third kappa shape index (κ3) is 2.97. The maximum absolute atomic E-state index is 6.16. The van der Waals surface area contributed by atoms with Gasteiger partial charge >= 0.3 is 0 Å². The van der Waals surface area contributed by atoms with Gasteiger partial charge in [0.1, 0.15) is 5.82 Å². The summed E-state index contributed by atoms with van der Waals surface area (Å²) in [5.41, 5.74) is 0. The normalized spacial score (nSPS) is 25.1. The van der Waals surface area contributed by atoms with Gasteiger partial charge in [-0.05, 0) is 13.0 Å². The average Bonchev–Trinajstić information content (AvgIpc) is 2.30. The molecule has 2 atom stereocenters. The van der Waals surface area contributed by atoms with Gasteiger partial charge in [-0.3, -0.25) is 0 Å². The zero-order valence-electron chi connectivity index (χ0n) is 9.37. The van der Waals surface area contributed by atoms with Crippen molar-refractivity contribution in [2.75, 3.05) is 23.9 Å². The fourth-order valence-electron chi connectivity index (χ4n) is 1.82. The molecule has 3 nitrogen and oxygen atoms in total. The monoisotopic (exact) mass is 294 g/mol. The van der Waals surface area contributed by atoms with Gasteiger partial charge in [-0.2, -0.15) is 0 Å². The molecule has 2 rings (SSSR count). The average molecular weight is 296 g/mol. The zero-order chi connectivity index (χ0) is 12.4. The van der Waals surface area contributed by atoms with Crippen molar-refractivity contribution in [2.24, 2.45) is 0 Å². The number of halogens is 3. The second kappa shape index (κ2) is 5.61. The summed E-state index contributed by atoms with van der Waals surface area (Å²) in [7, 11) is 0. The van der Waals surface area contributed by atoms with E-state index in [9.17, 15) is 0 Å². The third-order valence-electron chi connectivity index (χ3n) is 2.74. The topological polar surface area (TPSA) is 25.4 Å². The molecule has 1 aliphatic heterocycles. The van der Waals surface area contributed by atoms with Crippen LogP contribution >= 0.6 is 34.8 Å². The highest BCUT2D eigenvalue weighted by atomic mass is 35.5. The number of anilines is 1. The first-order chi connectivity index (χ1) is 8.11. The van der Waals surface area contributed by atoms with Gasteiger partial charge in [-0.25, -0.2) is 4.98 Å². The standard InChI is InChI=1S/C11H13Cl3N2O/c1-7-6-17-9(3-12)5-16(7)11-10(14)2-8(13)4-15-11/h2,4,7,9H,3,5-6H2,1H3. The first-order valence-corrected chi connectivity index (χ1v) is 6.66. The maximum atomic E-state index is 6.16. The molecule has 0 spiro atoms. The lowest BCUT2D eigenvalue weighted by molar-refractivity contribution is 0.0361. The third-order valence-corrected chi connectivity index (χ3v) is 3.57. The van der Waals surface area contributed by atoms with E-state index >= 15 is 0 Å². The summed E-state index contributed by atoms with van der Waals surface area (Å²) in [6.07, 6.45) is 1.61. The summed E-state index contributed by atoms with van der Waals surface area (Å²) >= 11 is 17.8. The van der Waals surface area contributed by atoms with E-state index in [2.05, 4.69) is 16.8 Å². The Morgan fingerprint density at radius 2 is 2.29 bits per heavy atom. The molecule has 2 unspecified atom stereocenters. The fourth-order valence-corrected chi connectivity index (χ4v) is 2.50. The van der Waals surface area contributed by atoms with E-state index in [1.54, 1.807) is 12.3 Å². The number of morpholine rings is 1. The minimum atomic E-state index is 0.0152. The van der Waals surface area contributed by atoms with Crippen molar-refractivity contribution in [3.63, 3.8) is 0 Å². The quantitative estimate of drug-likeness (QED) is 0.783. The molecule has 0 bridgehead atoms. The summed E-state index contributed by atoms with van der Waals surface area (Å²) in [5.74, 6) is 1.20.